The molecule has 0 atom stereocenters. The third-order valence-corrected chi connectivity index (χ3v) is 3.54. The molecule has 7 heteroatoms. The first kappa shape index (κ1) is 16.9. The van der Waals surface area contributed by atoms with E-state index in [9.17, 15) is 13.6 Å². The predicted octanol–water partition coefficient (Wildman–Crippen LogP) is 5.01. The summed E-state index contributed by atoms with van der Waals surface area (Å²) in [4.78, 5) is 16.2. The summed E-state index contributed by atoms with van der Waals surface area (Å²) in [5, 5.41) is 5.75. The lowest BCUT2D eigenvalue weighted by atomic mass is 10.2. The fourth-order valence-electron chi connectivity index (χ4n) is 2.16. The van der Waals surface area contributed by atoms with Gasteiger partial charge in [0.1, 0.15) is 23.0 Å². The van der Waals surface area contributed by atoms with E-state index in [0.717, 1.165) is 12.1 Å². The molecule has 1 aromatic heterocycles. The molecule has 1 heterocycles. The van der Waals surface area contributed by atoms with Crippen LogP contribution in [0.25, 0.3) is 0 Å². The maximum absolute atomic E-state index is 13.7. The monoisotopic (exact) mass is 359 g/mol. The first-order valence-corrected chi connectivity index (χ1v) is 7.65. The zero-order valence-electron chi connectivity index (χ0n) is 12.8. The molecular weight excluding hydrogens is 348 g/mol. The maximum atomic E-state index is 13.7. The van der Waals surface area contributed by atoms with Gasteiger partial charge < -0.3 is 10.6 Å². The smallest absolute Gasteiger partial charge is 0.274 e. The molecule has 2 N–H and O–H groups in total. The Morgan fingerprint density at radius 1 is 0.960 bits per heavy atom. The fraction of sp³-hybridized carbons (Fsp3) is 0. The lowest BCUT2D eigenvalue weighted by Gasteiger charge is -2.10. The van der Waals surface area contributed by atoms with Crippen LogP contribution in [0, 0.1) is 11.6 Å². The van der Waals surface area contributed by atoms with Crippen molar-refractivity contribution in [3.63, 3.8) is 0 Å². The molecule has 4 nitrogen and oxygen atoms in total. The molecule has 0 aliphatic rings. The molecule has 0 bridgehead atoms. The van der Waals surface area contributed by atoms with Crippen molar-refractivity contribution >= 4 is 34.6 Å². The maximum Gasteiger partial charge on any atom is 0.274 e. The number of halogens is 3. The predicted molar refractivity (Wildman–Crippen MR) is 93.3 cm³/mol. The number of anilines is 3. The molecule has 3 aromatic rings. The van der Waals surface area contributed by atoms with Crippen LogP contribution >= 0.6 is 11.6 Å². The van der Waals surface area contributed by atoms with Gasteiger partial charge in [-0.1, -0.05) is 23.7 Å². The number of nitrogens with one attached hydrogen (secondary N) is 2. The average molecular weight is 360 g/mol. The number of amides is 1. The Morgan fingerprint density at radius 2 is 1.68 bits per heavy atom. The number of pyridine rings is 1. The highest BCUT2D eigenvalue weighted by Gasteiger charge is 2.12. The molecule has 126 valence electrons. The highest BCUT2D eigenvalue weighted by Crippen LogP contribution is 2.23. The van der Waals surface area contributed by atoms with Gasteiger partial charge in [0.05, 0.1) is 0 Å². The van der Waals surface area contributed by atoms with Gasteiger partial charge in [0.2, 0.25) is 0 Å². The lowest BCUT2D eigenvalue weighted by Crippen LogP contribution is -2.13. The number of hydrogen-bond donors (Lipinski definition) is 2. The topological polar surface area (TPSA) is 54.0 Å². The van der Waals surface area contributed by atoms with Crippen LogP contribution < -0.4 is 10.6 Å². The van der Waals surface area contributed by atoms with Gasteiger partial charge in [0.15, 0.2) is 0 Å². The van der Waals surface area contributed by atoms with Crippen molar-refractivity contribution in [2.24, 2.45) is 0 Å². The summed E-state index contributed by atoms with van der Waals surface area (Å²) in [5.74, 6) is -1.94. The second kappa shape index (κ2) is 7.27. The van der Waals surface area contributed by atoms with Crippen LogP contribution in [0.15, 0.2) is 60.8 Å². The minimum atomic E-state index is -0.734. The van der Waals surface area contributed by atoms with Crippen molar-refractivity contribution in [2.75, 3.05) is 10.6 Å². The van der Waals surface area contributed by atoms with E-state index in [1.165, 1.54) is 24.4 Å². The molecule has 1 amide bonds. The van der Waals surface area contributed by atoms with Crippen LogP contribution in [0.3, 0.4) is 0 Å². The summed E-state index contributed by atoms with van der Waals surface area (Å²) in [5.41, 5.74) is 0.629. The Labute approximate surface area is 147 Å². The zero-order chi connectivity index (χ0) is 17.8. The van der Waals surface area contributed by atoms with Crippen LogP contribution in [-0.2, 0) is 0 Å². The van der Waals surface area contributed by atoms with Crippen molar-refractivity contribution in [1.29, 1.82) is 0 Å². The number of para-hydroxylation sites is 1. The van der Waals surface area contributed by atoms with Crippen molar-refractivity contribution < 1.29 is 13.6 Å². The zero-order valence-corrected chi connectivity index (χ0v) is 13.5. The van der Waals surface area contributed by atoms with Gasteiger partial charge in [-0.05, 0) is 42.5 Å². The summed E-state index contributed by atoms with van der Waals surface area (Å²) >= 11 is 5.87. The molecule has 0 spiro atoms. The molecule has 0 aliphatic heterocycles. The highest BCUT2D eigenvalue weighted by atomic mass is 35.5. The fourth-order valence-corrected chi connectivity index (χ4v) is 2.35. The molecule has 0 aliphatic carbocycles. The second-order valence-electron chi connectivity index (χ2n) is 5.12. The van der Waals surface area contributed by atoms with Crippen molar-refractivity contribution in [3.8, 4) is 0 Å². The Morgan fingerprint density at radius 3 is 2.40 bits per heavy atom. The second-order valence-corrected chi connectivity index (χ2v) is 5.55. The standard InChI is InChI=1S/C18H12ClF2N3O/c19-11-3-1-4-12(9-11)24-18(25)16-10-13(7-8-22-16)23-17-14(20)5-2-6-15(17)21/h1-10H,(H,22,23)(H,24,25). The Balaban J connectivity index is 1.80. The van der Waals surface area contributed by atoms with Gasteiger partial charge in [-0.2, -0.15) is 0 Å². The van der Waals surface area contributed by atoms with Gasteiger partial charge in [0.25, 0.3) is 5.91 Å². The molecule has 0 saturated heterocycles. The van der Waals surface area contributed by atoms with Crippen molar-refractivity contribution in [1.82, 2.24) is 4.98 Å². The molecular formula is C18H12ClF2N3O. The number of rotatable bonds is 4. The van der Waals surface area contributed by atoms with E-state index in [4.69, 9.17) is 11.6 Å². The molecule has 0 saturated carbocycles. The Kier molecular flexibility index (Phi) is 4.90. The molecule has 3 rings (SSSR count). The summed E-state index contributed by atoms with van der Waals surface area (Å²) in [6.45, 7) is 0. The highest BCUT2D eigenvalue weighted by molar-refractivity contribution is 6.30. The Hall–Kier alpha value is -2.99. The first-order valence-electron chi connectivity index (χ1n) is 7.27. The number of hydrogen-bond acceptors (Lipinski definition) is 3. The van der Waals surface area contributed by atoms with Crippen molar-refractivity contribution in [3.05, 3.63) is 83.1 Å². The molecule has 2 aromatic carbocycles. The van der Waals surface area contributed by atoms with Gasteiger partial charge in [-0.15, -0.1) is 0 Å². The number of nitrogens with zero attached hydrogens (tertiary/aromatic N) is 1. The van der Waals surface area contributed by atoms with E-state index in [0.29, 0.717) is 16.4 Å². The molecule has 0 fully saturated rings. The van der Waals surface area contributed by atoms with Crippen LogP contribution in [0.1, 0.15) is 10.5 Å². The van der Waals surface area contributed by atoms with E-state index in [-0.39, 0.29) is 11.4 Å². The summed E-state index contributed by atoms with van der Waals surface area (Å²) in [6.07, 6.45) is 1.37. The summed E-state index contributed by atoms with van der Waals surface area (Å²) in [6, 6.07) is 13.1. The third-order valence-electron chi connectivity index (χ3n) is 3.31. The molecule has 25 heavy (non-hydrogen) atoms. The van der Waals surface area contributed by atoms with Gasteiger partial charge in [-0.3, -0.25) is 9.78 Å². The first-order chi connectivity index (χ1) is 12.0. The van der Waals surface area contributed by atoms with Crippen LogP contribution in [0.5, 0.6) is 0 Å². The minimum Gasteiger partial charge on any atom is -0.351 e. The summed E-state index contributed by atoms with van der Waals surface area (Å²) in [7, 11) is 0. The van der Waals surface area contributed by atoms with Crippen LogP contribution in [-0.4, -0.2) is 10.9 Å². The van der Waals surface area contributed by atoms with Gasteiger partial charge >= 0.3 is 0 Å². The third kappa shape index (κ3) is 4.10. The largest absolute Gasteiger partial charge is 0.351 e. The van der Waals surface area contributed by atoms with E-state index in [2.05, 4.69) is 15.6 Å². The summed E-state index contributed by atoms with van der Waals surface area (Å²) < 4.78 is 27.4. The normalized spacial score (nSPS) is 10.4. The van der Waals surface area contributed by atoms with E-state index < -0.39 is 17.5 Å². The van der Waals surface area contributed by atoms with Crippen LogP contribution in [0.2, 0.25) is 5.02 Å². The lowest BCUT2D eigenvalue weighted by molar-refractivity contribution is 0.102. The Bertz CT molecular complexity index is 913. The molecule has 0 unspecified atom stereocenters. The number of aromatic nitrogens is 1. The number of carbonyl (C=O) groups excluding carboxylic acids is 1. The number of carbonyl (C=O) groups is 1. The van der Waals surface area contributed by atoms with E-state index in [1.807, 2.05) is 0 Å². The minimum absolute atomic E-state index is 0.0849. The van der Waals surface area contributed by atoms with Crippen LogP contribution in [0.4, 0.5) is 25.8 Å². The van der Waals surface area contributed by atoms with E-state index >= 15 is 0 Å². The number of benzene rings is 2. The van der Waals surface area contributed by atoms with E-state index in [1.54, 1.807) is 24.3 Å². The average Bonchev–Trinajstić information content (AvgIpc) is 2.58. The SMILES string of the molecule is O=C(Nc1cccc(Cl)c1)c1cc(Nc2c(F)cccc2F)ccn1. The van der Waals surface area contributed by atoms with Gasteiger partial charge in [0, 0.05) is 22.6 Å². The van der Waals surface area contributed by atoms with Crippen molar-refractivity contribution in [2.45, 2.75) is 0 Å². The van der Waals surface area contributed by atoms with Gasteiger partial charge in [-0.25, -0.2) is 8.78 Å². The molecule has 0 radical (unpaired) electrons. The quantitative estimate of drug-likeness (QED) is 0.688.